The van der Waals surface area contributed by atoms with Crippen LogP contribution < -0.4 is 21.2 Å². The van der Waals surface area contributed by atoms with Crippen molar-refractivity contribution in [2.75, 3.05) is 12.9 Å². The number of esters is 1. The number of rotatable bonds is 6. The first-order valence-corrected chi connectivity index (χ1v) is 11.4. The molecule has 0 heterocycles. The Kier molecular flexibility index (Phi) is 13.1. The second kappa shape index (κ2) is 15.0. The third-order valence-corrected chi connectivity index (χ3v) is 6.85. The number of benzene rings is 3. The fourth-order valence-electron chi connectivity index (χ4n) is 2.73. The van der Waals surface area contributed by atoms with Crippen LogP contribution >= 0.6 is 7.92 Å². The summed E-state index contributed by atoms with van der Waals surface area (Å²) in [5.41, 5.74) is 0. The molecule has 0 aliphatic heterocycles. The van der Waals surface area contributed by atoms with Gasteiger partial charge in [0.1, 0.15) is 6.04 Å². The van der Waals surface area contributed by atoms with Crippen molar-refractivity contribution in [1.82, 2.24) is 5.32 Å². The molecule has 1 N–H and O–H groups in total. The molecule has 3 rings (SSSR count). The Hall–Kier alpha value is -1.88. The molecule has 0 saturated carbocycles. The Morgan fingerprint density at radius 3 is 1.45 bits per heavy atom. The zero-order chi connectivity index (χ0) is 21.8. The quantitative estimate of drug-likeness (QED) is 0.196. The van der Waals surface area contributed by atoms with Crippen molar-refractivity contribution in [2.24, 2.45) is 0 Å². The fraction of sp³-hybridized carbons (Fsp3) is 0.167. The molecule has 1 atom stereocenters. The van der Waals surface area contributed by atoms with Crippen molar-refractivity contribution in [1.29, 1.82) is 0 Å². The molecule has 0 fully saturated rings. The van der Waals surface area contributed by atoms with Gasteiger partial charge in [0.15, 0.2) is 0 Å². The largest absolute Gasteiger partial charge is 1.00 e. The van der Waals surface area contributed by atoms with Gasteiger partial charge in [0.05, 0.1) is 7.11 Å². The summed E-state index contributed by atoms with van der Waals surface area (Å²) >= 11 is 4.62. The summed E-state index contributed by atoms with van der Waals surface area (Å²) in [6, 6.07) is 31.6. The molecule has 0 radical (unpaired) electrons. The molecule has 3 aromatic rings. The number of amides is 1. The maximum atomic E-state index is 10.8. The summed E-state index contributed by atoms with van der Waals surface area (Å²) < 4.78 is 4.38. The van der Waals surface area contributed by atoms with Gasteiger partial charge < -0.3 is 22.7 Å². The Labute approximate surface area is 206 Å². The molecule has 0 bridgehead atoms. The first-order chi connectivity index (χ1) is 14.6. The van der Waals surface area contributed by atoms with Gasteiger partial charge >= 0.3 is 28.3 Å². The van der Waals surface area contributed by atoms with Crippen molar-refractivity contribution in [2.45, 2.75) is 13.0 Å². The Morgan fingerprint density at radius 1 is 0.839 bits per heavy atom. The van der Waals surface area contributed by atoms with E-state index in [2.05, 4.69) is 114 Å². The van der Waals surface area contributed by atoms with Gasteiger partial charge in [-0.05, 0) is 23.8 Å². The second-order valence-electron chi connectivity index (χ2n) is 6.28. The van der Waals surface area contributed by atoms with Crippen LogP contribution in [0.1, 0.15) is 6.92 Å². The van der Waals surface area contributed by atoms with Gasteiger partial charge in [-0.3, -0.25) is 4.79 Å². The van der Waals surface area contributed by atoms with Crippen LogP contribution in [0.25, 0.3) is 0 Å². The van der Waals surface area contributed by atoms with Crippen LogP contribution in [-0.2, 0) is 49.3 Å². The van der Waals surface area contributed by atoms with Gasteiger partial charge in [0.25, 0.3) is 0 Å². The van der Waals surface area contributed by atoms with Gasteiger partial charge in [-0.15, -0.1) is 5.75 Å². The Balaban J connectivity index is 0.000000349. The number of hydrogen-bond donors (Lipinski definition) is 1. The van der Waals surface area contributed by atoms with Crippen LogP contribution in [0.2, 0.25) is 0 Å². The number of hydrogen-bond acceptors (Lipinski definition) is 4. The Bertz CT molecular complexity index is 820. The molecule has 0 aromatic heterocycles. The van der Waals surface area contributed by atoms with E-state index in [4.69, 9.17) is 0 Å². The predicted molar refractivity (Wildman–Crippen MR) is 127 cm³/mol. The number of carbonyl (C=O) groups excluding carboxylic acids is 2. The molecule has 0 aliphatic rings. The Morgan fingerprint density at radius 2 is 1.19 bits per heavy atom. The smallest absolute Gasteiger partial charge is 0.790 e. The zero-order valence-electron chi connectivity index (χ0n) is 17.3. The minimum absolute atomic E-state index is 0. The third kappa shape index (κ3) is 9.02. The van der Waals surface area contributed by atoms with Gasteiger partial charge in [-0.2, -0.15) is 0 Å². The molecule has 31 heavy (non-hydrogen) atoms. The SMILES string of the molecule is COC(=O)C(C[S-])NC(C)=O.[Au+].c1ccc(P(c2ccccc2)c2ccccc2)cc1. The molecule has 1 amide bonds. The van der Waals surface area contributed by atoms with Crippen molar-refractivity contribution in [3.8, 4) is 0 Å². The summed E-state index contributed by atoms with van der Waals surface area (Å²) in [5, 5.41) is 6.56. The average Bonchev–Trinajstić information content (AvgIpc) is 2.79. The molecule has 7 heteroatoms. The number of ether oxygens (including phenoxy) is 1. The predicted octanol–water partition coefficient (Wildman–Crippen LogP) is 2.65. The molecule has 0 saturated heterocycles. The fourth-order valence-corrected chi connectivity index (χ4v) is 5.26. The van der Waals surface area contributed by atoms with Gasteiger partial charge in [-0.25, -0.2) is 4.79 Å². The molecular weight excluding hydrogens is 610 g/mol. The van der Waals surface area contributed by atoms with Crippen LogP contribution in [0.15, 0.2) is 91.0 Å². The van der Waals surface area contributed by atoms with Gasteiger partial charge in [0.2, 0.25) is 5.91 Å². The van der Waals surface area contributed by atoms with E-state index in [9.17, 15) is 9.59 Å². The molecule has 166 valence electrons. The average molecular weight is 635 g/mol. The van der Waals surface area contributed by atoms with Crippen LogP contribution in [0.3, 0.4) is 0 Å². The van der Waals surface area contributed by atoms with Gasteiger partial charge in [0, 0.05) is 6.92 Å². The van der Waals surface area contributed by atoms with E-state index < -0.39 is 19.9 Å². The van der Waals surface area contributed by atoms with Gasteiger partial charge in [-0.1, -0.05) is 91.0 Å². The summed E-state index contributed by atoms with van der Waals surface area (Å²) in [5.74, 6) is -0.660. The van der Waals surface area contributed by atoms with Crippen LogP contribution in [0.5, 0.6) is 0 Å². The van der Waals surface area contributed by atoms with Crippen LogP contribution in [0, 0.1) is 0 Å². The standard InChI is InChI=1S/C18H15P.C6H11NO3S.Au/c1-4-10-16(11-5-1)19(17-12-6-2-7-13-17)18-14-8-3-9-15-18;1-4(8)7-5(3-11)6(9)10-2;/h1-15H;5,11H,3H2,1-2H3,(H,7,8);/q;;+1/p-1. The number of methoxy groups -OCH3 is 1. The van der Waals surface area contributed by atoms with E-state index in [0.717, 1.165) is 0 Å². The van der Waals surface area contributed by atoms with E-state index in [1.165, 1.54) is 29.9 Å². The maximum absolute atomic E-state index is 10.8. The van der Waals surface area contributed by atoms with E-state index in [1.807, 2.05) is 0 Å². The zero-order valence-corrected chi connectivity index (χ0v) is 21.2. The molecule has 1 unspecified atom stereocenters. The number of nitrogens with one attached hydrogen (secondary N) is 1. The maximum Gasteiger partial charge on any atom is 1.00 e. The first kappa shape index (κ1) is 27.2. The first-order valence-electron chi connectivity index (χ1n) is 9.45. The summed E-state index contributed by atoms with van der Waals surface area (Å²) in [6.45, 7) is 1.32. The van der Waals surface area contributed by atoms with Crippen molar-refractivity contribution in [3.63, 3.8) is 0 Å². The molecule has 4 nitrogen and oxygen atoms in total. The van der Waals surface area contributed by atoms with E-state index in [-0.39, 0.29) is 34.0 Å². The van der Waals surface area contributed by atoms with E-state index in [1.54, 1.807) is 0 Å². The van der Waals surface area contributed by atoms with Crippen LogP contribution in [0.4, 0.5) is 0 Å². The summed E-state index contributed by atoms with van der Waals surface area (Å²) in [7, 11) is 0.806. The molecular formula is C24H25AuNO3PS. The number of carbonyl (C=O) groups is 2. The normalized spacial score (nSPS) is 10.7. The van der Waals surface area contributed by atoms with E-state index >= 15 is 0 Å². The van der Waals surface area contributed by atoms with Crippen molar-refractivity contribution in [3.05, 3.63) is 91.0 Å². The monoisotopic (exact) mass is 635 g/mol. The van der Waals surface area contributed by atoms with Crippen molar-refractivity contribution < 1.29 is 36.7 Å². The molecule has 0 spiro atoms. The minimum atomic E-state index is -0.688. The topological polar surface area (TPSA) is 55.4 Å². The summed E-state index contributed by atoms with van der Waals surface area (Å²) in [6.07, 6.45) is 0. The van der Waals surface area contributed by atoms with Crippen molar-refractivity contribution >= 4 is 48.3 Å². The second-order valence-corrected chi connectivity index (χ2v) is 8.84. The third-order valence-electron chi connectivity index (χ3n) is 4.07. The minimum Gasteiger partial charge on any atom is -0.790 e. The molecule has 0 aliphatic carbocycles. The molecule has 3 aromatic carbocycles. The summed E-state index contributed by atoms with van der Waals surface area (Å²) in [4.78, 5) is 21.2. The van der Waals surface area contributed by atoms with E-state index in [0.29, 0.717) is 0 Å². The van der Waals surface area contributed by atoms with Crippen LogP contribution in [-0.4, -0.2) is 30.8 Å².